The van der Waals surface area contributed by atoms with Crippen LogP contribution in [0, 0.1) is 0 Å². The molecule has 0 fully saturated rings. The summed E-state index contributed by atoms with van der Waals surface area (Å²) >= 11 is 0. The normalized spacial score (nSPS) is 12.1. The smallest absolute Gasteiger partial charge is 0.314 e. The van der Waals surface area contributed by atoms with Crippen LogP contribution in [0.15, 0.2) is 36.5 Å². The fourth-order valence-corrected chi connectivity index (χ4v) is 1.36. The van der Waals surface area contributed by atoms with Gasteiger partial charge in [-0.1, -0.05) is 30.3 Å². The van der Waals surface area contributed by atoms with Gasteiger partial charge in [-0.3, -0.25) is 4.79 Å². The lowest BCUT2D eigenvalue weighted by molar-refractivity contribution is -0.138. The highest BCUT2D eigenvalue weighted by molar-refractivity contribution is 5.74. The summed E-state index contributed by atoms with van der Waals surface area (Å²) < 4.78 is 0. The minimum Gasteiger partial charge on any atom is -0.481 e. The fourth-order valence-electron chi connectivity index (χ4n) is 1.36. The van der Waals surface area contributed by atoms with Gasteiger partial charge in [0.2, 0.25) is 0 Å². The molecule has 0 aliphatic heterocycles. The summed E-state index contributed by atoms with van der Waals surface area (Å²) in [6.45, 7) is 1.54. The highest BCUT2D eigenvalue weighted by atomic mass is 16.4. The number of rotatable bonds is 3. The van der Waals surface area contributed by atoms with Crippen LogP contribution in [0.1, 0.15) is 18.7 Å². The predicted octanol–water partition coefficient (Wildman–Crippen LogP) is 1.73. The zero-order valence-electron chi connectivity index (χ0n) is 9.24. The van der Waals surface area contributed by atoms with Crippen LogP contribution < -0.4 is 0 Å². The fraction of sp³-hybridized carbons (Fsp3) is 0.167. The Morgan fingerprint density at radius 3 is 2.65 bits per heavy atom. The van der Waals surface area contributed by atoms with Gasteiger partial charge >= 0.3 is 5.97 Å². The molecule has 0 saturated carbocycles. The van der Waals surface area contributed by atoms with Crippen LogP contribution in [0.5, 0.6) is 0 Å². The van der Waals surface area contributed by atoms with E-state index in [1.54, 1.807) is 0 Å². The van der Waals surface area contributed by atoms with Crippen molar-refractivity contribution in [2.24, 2.45) is 0 Å². The van der Waals surface area contributed by atoms with E-state index in [0.717, 1.165) is 5.56 Å². The molecule has 0 aliphatic carbocycles. The Labute approximate surface area is 98.2 Å². The van der Waals surface area contributed by atoms with Crippen molar-refractivity contribution >= 4 is 5.97 Å². The van der Waals surface area contributed by atoms with E-state index in [1.165, 1.54) is 13.1 Å². The van der Waals surface area contributed by atoms with E-state index in [-0.39, 0.29) is 5.82 Å². The Balaban J connectivity index is 2.39. The third-order valence-corrected chi connectivity index (χ3v) is 2.40. The number of carbonyl (C=O) groups is 1. The molecule has 1 aromatic carbocycles. The minimum atomic E-state index is -0.961. The molecule has 5 nitrogen and oxygen atoms in total. The van der Waals surface area contributed by atoms with Crippen LogP contribution in [-0.4, -0.2) is 26.3 Å². The summed E-state index contributed by atoms with van der Waals surface area (Å²) in [6, 6.07) is 9.45. The van der Waals surface area contributed by atoms with Crippen LogP contribution in [0.25, 0.3) is 11.3 Å². The maximum Gasteiger partial charge on any atom is 0.314 e. The molecule has 0 spiro atoms. The van der Waals surface area contributed by atoms with Gasteiger partial charge in [-0.05, 0) is 6.92 Å². The van der Waals surface area contributed by atoms with Gasteiger partial charge in [0.05, 0.1) is 11.9 Å². The van der Waals surface area contributed by atoms with Gasteiger partial charge in [0, 0.05) is 5.56 Å². The van der Waals surface area contributed by atoms with Gasteiger partial charge in [0.15, 0.2) is 5.82 Å². The van der Waals surface area contributed by atoms with Crippen molar-refractivity contribution in [3.63, 3.8) is 0 Å². The number of hydrogen-bond donors (Lipinski definition) is 1. The Kier molecular flexibility index (Phi) is 3.09. The summed E-state index contributed by atoms with van der Waals surface area (Å²) in [5, 5.41) is 16.4. The second-order valence-corrected chi connectivity index (χ2v) is 3.63. The number of aliphatic carboxylic acids is 1. The Morgan fingerprint density at radius 2 is 2.00 bits per heavy atom. The van der Waals surface area contributed by atoms with Crippen molar-refractivity contribution in [2.45, 2.75) is 12.8 Å². The average Bonchev–Trinajstić information content (AvgIpc) is 2.39. The number of aromatic nitrogens is 3. The molecule has 1 N–H and O–H groups in total. The van der Waals surface area contributed by atoms with Crippen molar-refractivity contribution in [2.75, 3.05) is 0 Å². The van der Waals surface area contributed by atoms with Crippen molar-refractivity contribution in [1.82, 2.24) is 15.2 Å². The van der Waals surface area contributed by atoms with Gasteiger partial charge in [0.1, 0.15) is 5.92 Å². The standard InChI is InChI=1S/C12H11N3O2/c1-8(12(16)17)11-14-10(7-13-15-11)9-5-3-2-4-6-9/h2-8H,1H3,(H,16,17). The molecule has 0 amide bonds. The van der Waals surface area contributed by atoms with E-state index in [0.29, 0.717) is 5.69 Å². The largest absolute Gasteiger partial charge is 0.481 e. The van der Waals surface area contributed by atoms with Crippen LogP contribution in [0.4, 0.5) is 0 Å². The number of nitrogens with zero attached hydrogens (tertiary/aromatic N) is 3. The van der Waals surface area contributed by atoms with Crippen LogP contribution in [0.2, 0.25) is 0 Å². The van der Waals surface area contributed by atoms with Crippen LogP contribution >= 0.6 is 0 Å². The molecule has 0 radical (unpaired) electrons. The molecule has 1 aromatic heterocycles. The van der Waals surface area contributed by atoms with Crippen molar-refractivity contribution in [1.29, 1.82) is 0 Å². The summed E-state index contributed by atoms with van der Waals surface area (Å²) in [5.41, 5.74) is 1.52. The summed E-state index contributed by atoms with van der Waals surface area (Å²) in [4.78, 5) is 15.0. The first-order valence-corrected chi connectivity index (χ1v) is 5.16. The molecule has 2 aromatic rings. The van der Waals surface area contributed by atoms with E-state index in [4.69, 9.17) is 5.11 Å². The Hall–Kier alpha value is -2.30. The van der Waals surface area contributed by atoms with Crippen molar-refractivity contribution < 1.29 is 9.90 Å². The highest BCUT2D eigenvalue weighted by Crippen LogP contribution is 2.17. The van der Waals surface area contributed by atoms with Crippen LogP contribution in [0.3, 0.4) is 0 Å². The topological polar surface area (TPSA) is 76.0 Å². The van der Waals surface area contributed by atoms with Gasteiger partial charge < -0.3 is 5.11 Å². The molecule has 2 rings (SSSR count). The van der Waals surface area contributed by atoms with E-state index < -0.39 is 11.9 Å². The third kappa shape index (κ3) is 2.44. The number of hydrogen-bond acceptors (Lipinski definition) is 4. The zero-order valence-corrected chi connectivity index (χ0v) is 9.24. The molecule has 1 heterocycles. The summed E-state index contributed by atoms with van der Waals surface area (Å²) in [5.74, 6) is -1.50. The molecule has 86 valence electrons. The molecular formula is C12H11N3O2. The van der Waals surface area contributed by atoms with Gasteiger partial charge in [-0.25, -0.2) is 4.98 Å². The molecular weight excluding hydrogens is 218 g/mol. The molecule has 17 heavy (non-hydrogen) atoms. The average molecular weight is 229 g/mol. The zero-order chi connectivity index (χ0) is 12.3. The SMILES string of the molecule is CC(C(=O)O)c1nncc(-c2ccccc2)n1. The quantitative estimate of drug-likeness (QED) is 0.867. The summed E-state index contributed by atoms with van der Waals surface area (Å²) in [6.07, 6.45) is 1.52. The van der Waals surface area contributed by atoms with Crippen LogP contribution in [-0.2, 0) is 4.79 Å². The maximum atomic E-state index is 10.8. The summed E-state index contributed by atoms with van der Waals surface area (Å²) in [7, 11) is 0. The predicted molar refractivity (Wildman–Crippen MR) is 61.3 cm³/mol. The first-order valence-electron chi connectivity index (χ1n) is 5.16. The first-order chi connectivity index (χ1) is 8.18. The van der Waals surface area contributed by atoms with Crippen molar-refractivity contribution in [3.05, 3.63) is 42.4 Å². The first kappa shape index (κ1) is 11.2. The van der Waals surface area contributed by atoms with E-state index >= 15 is 0 Å². The lowest BCUT2D eigenvalue weighted by Gasteiger charge is -2.05. The highest BCUT2D eigenvalue weighted by Gasteiger charge is 2.17. The van der Waals surface area contributed by atoms with Gasteiger partial charge in [-0.15, -0.1) is 5.10 Å². The second-order valence-electron chi connectivity index (χ2n) is 3.63. The Morgan fingerprint density at radius 1 is 1.29 bits per heavy atom. The lowest BCUT2D eigenvalue weighted by Crippen LogP contribution is -2.12. The number of benzene rings is 1. The van der Waals surface area contributed by atoms with Crippen molar-refractivity contribution in [3.8, 4) is 11.3 Å². The van der Waals surface area contributed by atoms with Gasteiger partial charge in [0.25, 0.3) is 0 Å². The molecule has 1 unspecified atom stereocenters. The molecule has 0 bridgehead atoms. The van der Waals surface area contributed by atoms with E-state index in [1.807, 2.05) is 30.3 Å². The van der Waals surface area contributed by atoms with E-state index in [9.17, 15) is 4.79 Å². The Bertz CT molecular complexity index is 528. The molecule has 5 heteroatoms. The molecule has 0 saturated heterocycles. The number of carboxylic acid groups (broad SMARTS) is 1. The van der Waals surface area contributed by atoms with Gasteiger partial charge in [-0.2, -0.15) is 5.10 Å². The molecule has 1 atom stereocenters. The lowest BCUT2D eigenvalue weighted by atomic mass is 10.1. The monoisotopic (exact) mass is 229 g/mol. The second kappa shape index (κ2) is 4.69. The maximum absolute atomic E-state index is 10.8. The number of carboxylic acids is 1. The third-order valence-electron chi connectivity index (χ3n) is 2.40. The molecule has 0 aliphatic rings. The van der Waals surface area contributed by atoms with E-state index in [2.05, 4.69) is 15.2 Å². The minimum absolute atomic E-state index is 0.221.